The molecule has 2 aliphatic heterocycles. The molecule has 2 rings (SSSR count). The minimum absolute atomic E-state index is 0.106. The summed E-state index contributed by atoms with van der Waals surface area (Å²) in [4.78, 5) is 4.85. The van der Waals surface area contributed by atoms with Crippen LogP contribution >= 0.6 is 0 Å². The highest BCUT2D eigenvalue weighted by atomic mass is 19.1. The Morgan fingerprint density at radius 2 is 1.72 bits per heavy atom. The van der Waals surface area contributed by atoms with E-state index < -0.39 is 6.17 Å². The minimum atomic E-state index is -0.646. The van der Waals surface area contributed by atoms with Crippen LogP contribution in [-0.2, 0) is 0 Å². The largest absolute Gasteiger partial charge is 0.298 e. The smallest absolute Gasteiger partial charge is 0.116 e. The van der Waals surface area contributed by atoms with Gasteiger partial charge in [0.05, 0.1) is 0 Å². The number of hydrogen-bond donors (Lipinski definition) is 0. The van der Waals surface area contributed by atoms with Crippen LogP contribution in [0.1, 0.15) is 41.0 Å². The van der Waals surface area contributed by atoms with E-state index in [2.05, 4.69) is 44.4 Å². The summed E-state index contributed by atoms with van der Waals surface area (Å²) >= 11 is 0. The Bertz CT molecular complexity index is 279. The topological polar surface area (TPSA) is 6.48 Å². The van der Waals surface area contributed by atoms with Crippen LogP contribution in [0.15, 0.2) is 0 Å². The fourth-order valence-electron chi connectivity index (χ4n) is 3.38. The zero-order valence-electron chi connectivity index (χ0n) is 12.6. The first kappa shape index (κ1) is 14.3. The lowest BCUT2D eigenvalue weighted by atomic mass is 9.74. The number of halogens is 1. The van der Waals surface area contributed by atoms with Gasteiger partial charge in [-0.3, -0.25) is 9.80 Å². The van der Waals surface area contributed by atoms with Crippen LogP contribution < -0.4 is 0 Å². The van der Waals surface area contributed by atoms with Gasteiger partial charge in [0.2, 0.25) is 0 Å². The molecule has 2 heterocycles. The van der Waals surface area contributed by atoms with Gasteiger partial charge < -0.3 is 0 Å². The van der Waals surface area contributed by atoms with Crippen molar-refractivity contribution in [3.05, 3.63) is 0 Å². The number of likely N-dealkylation sites (tertiary alicyclic amines) is 2. The second-order valence-corrected chi connectivity index (χ2v) is 7.47. The molecule has 18 heavy (non-hydrogen) atoms. The fraction of sp³-hybridized carbons (Fsp3) is 1.00. The summed E-state index contributed by atoms with van der Waals surface area (Å²) in [6.07, 6.45) is 0.370. The van der Waals surface area contributed by atoms with Gasteiger partial charge in [0.1, 0.15) is 6.17 Å². The van der Waals surface area contributed by atoms with Gasteiger partial charge in [-0.15, -0.1) is 0 Å². The average molecular weight is 256 g/mol. The van der Waals surface area contributed by atoms with E-state index in [0.717, 1.165) is 26.1 Å². The Morgan fingerprint density at radius 3 is 2.17 bits per heavy atom. The van der Waals surface area contributed by atoms with Crippen molar-refractivity contribution >= 4 is 0 Å². The highest BCUT2D eigenvalue weighted by molar-refractivity contribution is 4.95. The summed E-state index contributed by atoms with van der Waals surface area (Å²) in [7, 11) is 0. The van der Waals surface area contributed by atoms with Crippen LogP contribution in [0.4, 0.5) is 4.39 Å². The first-order valence-electron chi connectivity index (χ1n) is 7.41. The predicted molar refractivity (Wildman–Crippen MR) is 74.5 cm³/mol. The first-order chi connectivity index (χ1) is 8.29. The molecule has 0 aromatic carbocycles. The van der Waals surface area contributed by atoms with Crippen LogP contribution in [0.25, 0.3) is 0 Å². The molecular weight excluding hydrogens is 227 g/mol. The van der Waals surface area contributed by atoms with Crippen molar-refractivity contribution in [3.8, 4) is 0 Å². The van der Waals surface area contributed by atoms with E-state index in [1.165, 1.54) is 0 Å². The molecule has 2 nitrogen and oxygen atoms in total. The maximum Gasteiger partial charge on any atom is 0.116 e. The van der Waals surface area contributed by atoms with Crippen LogP contribution in [-0.4, -0.2) is 54.2 Å². The highest BCUT2D eigenvalue weighted by Gasteiger charge is 2.41. The Balaban J connectivity index is 1.83. The van der Waals surface area contributed by atoms with Crippen LogP contribution in [0.2, 0.25) is 0 Å². The SMILES string of the molecule is CC(C)N1CC(N2CCC(C(C)(C)C)C(F)C2)C1. The molecule has 0 spiro atoms. The monoisotopic (exact) mass is 256 g/mol. The average Bonchev–Trinajstić information content (AvgIpc) is 2.12. The van der Waals surface area contributed by atoms with E-state index in [1.807, 2.05) is 0 Å². The van der Waals surface area contributed by atoms with Crippen molar-refractivity contribution in [2.45, 2.75) is 59.3 Å². The van der Waals surface area contributed by atoms with Crippen molar-refractivity contribution in [2.75, 3.05) is 26.2 Å². The third-order valence-corrected chi connectivity index (χ3v) is 4.82. The van der Waals surface area contributed by atoms with E-state index in [9.17, 15) is 4.39 Å². The van der Waals surface area contributed by atoms with E-state index in [-0.39, 0.29) is 11.3 Å². The summed E-state index contributed by atoms with van der Waals surface area (Å²) in [5.41, 5.74) is 0.106. The number of rotatable bonds is 2. The van der Waals surface area contributed by atoms with Crippen molar-refractivity contribution in [1.82, 2.24) is 9.80 Å². The fourth-order valence-corrected chi connectivity index (χ4v) is 3.38. The Hall–Kier alpha value is -0.150. The Labute approximate surface area is 112 Å². The third kappa shape index (κ3) is 2.88. The quantitative estimate of drug-likeness (QED) is 0.749. The van der Waals surface area contributed by atoms with Crippen molar-refractivity contribution in [2.24, 2.45) is 11.3 Å². The maximum absolute atomic E-state index is 14.3. The van der Waals surface area contributed by atoms with E-state index >= 15 is 0 Å². The van der Waals surface area contributed by atoms with Gasteiger partial charge in [0.25, 0.3) is 0 Å². The molecule has 2 saturated heterocycles. The summed E-state index contributed by atoms with van der Waals surface area (Å²) in [5, 5.41) is 0. The van der Waals surface area contributed by atoms with Gasteiger partial charge in [0, 0.05) is 31.7 Å². The molecule has 2 atom stereocenters. The highest BCUT2D eigenvalue weighted by Crippen LogP contribution is 2.37. The number of nitrogens with zero attached hydrogens (tertiary/aromatic N) is 2. The molecule has 0 aliphatic carbocycles. The van der Waals surface area contributed by atoms with Gasteiger partial charge in [0.15, 0.2) is 0 Å². The zero-order valence-corrected chi connectivity index (χ0v) is 12.6. The van der Waals surface area contributed by atoms with Crippen LogP contribution in [0, 0.1) is 11.3 Å². The van der Waals surface area contributed by atoms with Gasteiger partial charge in [-0.2, -0.15) is 0 Å². The van der Waals surface area contributed by atoms with Crippen molar-refractivity contribution in [3.63, 3.8) is 0 Å². The maximum atomic E-state index is 14.3. The second kappa shape index (κ2) is 5.09. The first-order valence-corrected chi connectivity index (χ1v) is 7.41. The van der Waals surface area contributed by atoms with Crippen molar-refractivity contribution in [1.29, 1.82) is 0 Å². The molecule has 0 N–H and O–H groups in total. The normalized spacial score (nSPS) is 32.8. The van der Waals surface area contributed by atoms with Gasteiger partial charge in [-0.25, -0.2) is 4.39 Å². The Morgan fingerprint density at radius 1 is 1.11 bits per heavy atom. The second-order valence-electron chi connectivity index (χ2n) is 7.47. The molecule has 0 saturated carbocycles. The molecule has 0 aromatic heterocycles. The van der Waals surface area contributed by atoms with E-state index in [4.69, 9.17) is 0 Å². The number of alkyl halides is 1. The van der Waals surface area contributed by atoms with E-state index in [0.29, 0.717) is 18.6 Å². The minimum Gasteiger partial charge on any atom is -0.298 e. The molecule has 2 unspecified atom stereocenters. The summed E-state index contributed by atoms with van der Waals surface area (Å²) in [6.45, 7) is 15.0. The van der Waals surface area contributed by atoms with Gasteiger partial charge >= 0.3 is 0 Å². The van der Waals surface area contributed by atoms with Crippen molar-refractivity contribution < 1.29 is 4.39 Å². The summed E-state index contributed by atoms with van der Waals surface area (Å²) in [5.74, 6) is 0.232. The van der Waals surface area contributed by atoms with Gasteiger partial charge in [-0.1, -0.05) is 20.8 Å². The lowest BCUT2D eigenvalue weighted by Crippen LogP contribution is -2.64. The molecule has 2 aliphatic rings. The molecule has 0 radical (unpaired) electrons. The lowest BCUT2D eigenvalue weighted by Gasteiger charge is -2.51. The zero-order chi connectivity index (χ0) is 13.5. The van der Waals surface area contributed by atoms with Gasteiger partial charge in [-0.05, 0) is 38.1 Å². The van der Waals surface area contributed by atoms with Crippen LogP contribution in [0.5, 0.6) is 0 Å². The standard InChI is InChI=1S/C15H29FN2/c1-11(2)18-8-12(9-18)17-7-6-13(14(16)10-17)15(3,4)5/h11-14H,6-10H2,1-5H3. The lowest BCUT2D eigenvalue weighted by molar-refractivity contribution is -0.0432. The molecule has 0 amide bonds. The van der Waals surface area contributed by atoms with E-state index in [1.54, 1.807) is 0 Å². The number of piperidine rings is 1. The summed E-state index contributed by atoms with van der Waals surface area (Å²) < 4.78 is 14.3. The molecule has 0 bridgehead atoms. The predicted octanol–water partition coefficient (Wildman–Crippen LogP) is 2.79. The third-order valence-electron chi connectivity index (χ3n) is 4.82. The molecule has 3 heteroatoms. The summed E-state index contributed by atoms with van der Waals surface area (Å²) in [6, 6.07) is 1.24. The molecule has 0 aromatic rings. The molecule has 106 valence electrons. The Kier molecular flexibility index (Phi) is 4.03. The number of hydrogen-bond acceptors (Lipinski definition) is 2. The van der Waals surface area contributed by atoms with Crippen LogP contribution in [0.3, 0.4) is 0 Å². The molecule has 2 fully saturated rings. The molecular formula is C15H29FN2.